The summed E-state index contributed by atoms with van der Waals surface area (Å²) in [5.41, 5.74) is 1.13. The van der Waals surface area contributed by atoms with Crippen molar-refractivity contribution >= 4 is 0 Å². The number of piperidine rings is 2. The van der Waals surface area contributed by atoms with Gasteiger partial charge in [-0.25, -0.2) is 0 Å². The maximum Gasteiger partial charge on any atom is 0.203 e. The van der Waals surface area contributed by atoms with E-state index in [1.165, 1.54) is 12.8 Å². The van der Waals surface area contributed by atoms with E-state index in [4.69, 9.17) is 14.2 Å². The highest BCUT2D eigenvalue weighted by Crippen LogP contribution is 2.40. The average Bonchev–Trinajstić information content (AvgIpc) is 2.73. The molecule has 27 heavy (non-hydrogen) atoms. The molecule has 0 saturated carbocycles. The van der Waals surface area contributed by atoms with Crippen molar-refractivity contribution in [1.29, 1.82) is 0 Å². The van der Waals surface area contributed by atoms with Crippen LogP contribution in [0.1, 0.15) is 31.2 Å². The third-order valence-corrected chi connectivity index (χ3v) is 6.08. The van der Waals surface area contributed by atoms with Gasteiger partial charge in [0.2, 0.25) is 5.75 Å². The van der Waals surface area contributed by atoms with Crippen LogP contribution in [0.2, 0.25) is 0 Å². The molecule has 2 aliphatic rings. The van der Waals surface area contributed by atoms with Crippen molar-refractivity contribution in [3.63, 3.8) is 0 Å². The van der Waals surface area contributed by atoms with Crippen molar-refractivity contribution in [2.24, 2.45) is 5.92 Å². The predicted octanol–water partition coefficient (Wildman–Crippen LogP) is 2.38. The highest BCUT2D eigenvalue weighted by Gasteiger charge is 2.29. The zero-order valence-electron chi connectivity index (χ0n) is 16.9. The van der Waals surface area contributed by atoms with Crippen molar-refractivity contribution in [1.82, 2.24) is 9.80 Å². The smallest absolute Gasteiger partial charge is 0.203 e. The van der Waals surface area contributed by atoms with E-state index in [9.17, 15) is 5.11 Å². The Balaban J connectivity index is 1.66. The van der Waals surface area contributed by atoms with Gasteiger partial charge in [0, 0.05) is 31.3 Å². The number of aliphatic hydroxyl groups is 1. The fourth-order valence-electron chi connectivity index (χ4n) is 4.50. The maximum absolute atomic E-state index is 9.37. The Morgan fingerprint density at radius 3 is 2.33 bits per heavy atom. The summed E-state index contributed by atoms with van der Waals surface area (Å²) in [6.45, 7) is 5.62. The fourth-order valence-corrected chi connectivity index (χ4v) is 4.50. The van der Waals surface area contributed by atoms with E-state index in [2.05, 4.69) is 15.9 Å². The minimum atomic E-state index is 0.337. The summed E-state index contributed by atoms with van der Waals surface area (Å²) in [7, 11) is 4.98. The first kappa shape index (κ1) is 20.2. The number of likely N-dealkylation sites (tertiary alicyclic amines) is 2. The van der Waals surface area contributed by atoms with Crippen LogP contribution in [-0.4, -0.2) is 75.1 Å². The molecule has 0 amide bonds. The molecule has 0 spiro atoms. The first-order valence-electron chi connectivity index (χ1n) is 10.0. The van der Waals surface area contributed by atoms with E-state index in [0.29, 0.717) is 30.1 Å². The summed E-state index contributed by atoms with van der Waals surface area (Å²) >= 11 is 0. The number of benzene rings is 1. The number of rotatable bonds is 7. The van der Waals surface area contributed by atoms with Gasteiger partial charge in [-0.15, -0.1) is 0 Å². The van der Waals surface area contributed by atoms with E-state index < -0.39 is 0 Å². The lowest BCUT2D eigenvalue weighted by molar-refractivity contribution is 0.0541. The molecule has 2 fully saturated rings. The van der Waals surface area contributed by atoms with Crippen LogP contribution < -0.4 is 14.2 Å². The van der Waals surface area contributed by atoms with Gasteiger partial charge in [0.25, 0.3) is 0 Å². The maximum atomic E-state index is 9.37. The van der Waals surface area contributed by atoms with Crippen LogP contribution in [0.15, 0.2) is 12.1 Å². The quantitative estimate of drug-likeness (QED) is 0.786. The van der Waals surface area contributed by atoms with Crippen LogP contribution >= 0.6 is 0 Å². The molecule has 0 bridgehead atoms. The van der Waals surface area contributed by atoms with E-state index in [-0.39, 0.29) is 0 Å². The van der Waals surface area contributed by atoms with Gasteiger partial charge in [-0.2, -0.15) is 0 Å². The number of methoxy groups -OCH3 is 3. The number of nitrogens with zero attached hydrogens (tertiary/aromatic N) is 2. The monoisotopic (exact) mass is 378 g/mol. The van der Waals surface area contributed by atoms with Gasteiger partial charge in [-0.05, 0) is 57.3 Å². The molecule has 0 aromatic heterocycles. The van der Waals surface area contributed by atoms with Gasteiger partial charge >= 0.3 is 0 Å². The number of hydrogen-bond donors (Lipinski definition) is 1. The number of ether oxygens (including phenoxy) is 3. The van der Waals surface area contributed by atoms with Gasteiger partial charge in [0.1, 0.15) is 0 Å². The SMILES string of the molecule is COc1ccc(CN2CCC[C@H](N3CCC(CO)CC3)C2)c(OC)c1OC. The second-order valence-corrected chi connectivity index (χ2v) is 7.69. The molecular formula is C21H34N2O4. The standard InChI is InChI=1S/C21H34N2O4/c1-25-19-7-6-17(20(26-2)21(19)27-3)13-22-10-4-5-18(14-22)23-11-8-16(15-24)9-12-23/h6-7,16,18,24H,4-5,8-15H2,1-3H3/t18-/m0/s1. The second-order valence-electron chi connectivity index (χ2n) is 7.69. The molecular weight excluding hydrogens is 344 g/mol. The molecule has 2 saturated heterocycles. The Morgan fingerprint density at radius 1 is 0.963 bits per heavy atom. The summed E-state index contributed by atoms with van der Waals surface area (Å²) in [4.78, 5) is 5.15. The lowest BCUT2D eigenvalue weighted by atomic mass is 9.94. The van der Waals surface area contributed by atoms with Crippen molar-refractivity contribution in [2.75, 3.05) is 54.1 Å². The molecule has 2 aliphatic heterocycles. The summed E-state index contributed by atoms with van der Waals surface area (Å²) in [5.74, 6) is 2.62. The van der Waals surface area contributed by atoms with Gasteiger partial charge < -0.3 is 19.3 Å². The Bertz CT molecular complexity index is 602. The molecule has 0 aliphatic carbocycles. The van der Waals surface area contributed by atoms with Crippen molar-refractivity contribution < 1.29 is 19.3 Å². The Hall–Kier alpha value is -1.50. The van der Waals surface area contributed by atoms with Crippen LogP contribution in [0.4, 0.5) is 0 Å². The normalized spacial score (nSPS) is 22.6. The average molecular weight is 379 g/mol. The molecule has 0 unspecified atom stereocenters. The third kappa shape index (κ3) is 4.68. The largest absolute Gasteiger partial charge is 0.493 e. The summed E-state index contributed by atoms with van der Waals surface area (Å²) in [5, 5.41) is 9.37. The van der Waals surface area contributed by atoms with Crippen LogP contribution in [-0.2, 0) is 6.54 Å². The minimum Gasteiger partial charge on any atom is -0.493 e. The van der Waals surface area contributed by atoms with Crippen LogP contribution in [0.25, 0.3) is 0 Å². The summed E-state index contributed by atoms with van der Waals surface area (Å²) < 4.78 is 16.6. The highest BCUT2D eigenvalue weighted by molar-refractivity contribution is 5.55. The fraction of sp³-hybridized carbons (Fsp3) is 0.714. The molecule has 6 heteroatoms. The van der Waals surface area contributed by atoms with Gasteiger partial charge in [-0.1, -0.05) is 6.07 Å². The lowest BCUT2D eigenvalue weighted by Gasteiger charge is -2.42. The number of aliphatic hydroxyl groups excluding tert-OH is 1. The Morgan fingerprint density at radius 2 is 1.70 bits per heavy atom. The zero-order chi connectivity index (χ0) is 19.2. The molecule has 6 nitrogen and oxygen atoms in total. The Kier molecular flexibility index (Phi) is 7.21. The minimum absolute atomic E-state index is 0.337. The molecule has 2 heterocycles. The second kappa shape index (κ2) is 9.62. The molecule has 1 aromatic rings. The van der Waals surface area contributed by atoms with E-state index in [0.717, 1.165) is 56.9 Å². The highest BCUT2D eigenvalue weighted by atomic mass is 16.5. The first-order chi connectivity index (χ1) is 13.2. The molecule has 152 valence electrons. The topological polar surface area (TPSA) is 54.4 Å². The van der Waals surface area contributed by atoms with E-state index in [1.807, 2.05) is 6.07 Å². The Labute approximate surface area is 163 Å². The zero-order valence-corrected chi connectivity index (χ0v) is 16.9. The van der Waals surface area contributed by atoms with Gasteiger partial charge in [0.05, 0.1) is 21.3 Å². The first-order valence-corrected chi connectivity index (χ1v) is 10.0. The molecule has 3 rings (SSSR count). The summed E-state index contributed by atoms with van der Waals surface area (Å²) in [6, 6.07) is 4.65. The van der Waals surface area contributed by atoms with Gasteiger partial charge in [-0.3, -0.25) is 9.80 Å². The third-order valence-electron chi connectivity index (χ3n) is 6.08. The molecule has 1 atom stereocenters. The van der Waals surface area contributed by atoms with Crippen molar-refractivity contribution in [2.45, 2.75) is 38.3 Å². The van der Waals surface area contributed by atoms with Crippen LogP contribution in [0.5, 0.6) is 17.2 Å². The van der Waals surface area contributed by atoms with Crippen molar-refractivity contribution in [3.05, 3.63) is 17.7 Å². The van der Waals surface area contributed by atoms with Crippen LogP contribution in [0.3, 0.4) is 0 Å². The van der Waals surface area contributed by atoms with Crippen molar-refractivity contribution in [3.8, 4) is 17.2 Å². The molecule has 0 radical (unpaired) electrons. The van der Waals surface area contributed by atoms with E-state index in [1.54, 1.807) is 21.3 Å². The van der Waals surface area contributed by atoms with Crippen LogP contribution in [0, 0.1) is 5.92 Å². The molecule has 1 aromatic carbocycles. The number of hydrogen-bond acceptors (Lipinski definition) is 6. The lowest BCUT2D eigenvalue weighted by Crippen LogP contribution is -2.50. The summed E-state index contributed by atoms with van der Waals surface area (Å²) in [6.07, 6.45) is 4.73. The predicted molar refractivity (Wildman–Crippen MR) is 106 cm³/mol. The van der Waals surface area contributed by atoms with E-state index >= 15 is 0 Å². The molecule has 1 N–H and O–H groups in total. The van der Waals surface area contributed by atoms with Gasteiger partial charge in [0.15, 0.2) is 11.5 Å².